The van der Waals surface area contributed by atoms with Crippen LogP contribution in [0.5, 0.6) is 0 Å². The summed E-state index contributed by atoms with van der Waals surface area (Å²) in [5.74, 6) is 0. The maximum absolute atomic E-state index is 8.71. The molecule has 0 unspecified atom stereocenters. The van der Waals surface area contributed by atoms with E-state index >= 15 is 0 Å². The molecule has 0 saturated heterocycles. The topological polar surface area (TPSA) is 109 Å². The number of rotatable bonds is 0. The van der Waals surface area contributed by atoms with Crippen molar-refractivity contribution >= 4 is 27.3 Å². The second-order valence-corrected chi connectivity index (χ2v) is 2.81. The Labute approximate surface area is 100 Å². The van der Waals surface area contributed by atoms with E-state index in [-0.39, 0.29) is 43.8 Å². The predicted octanol–water partition coefficient (Wildman–Crippen LogP) is -2.51. The van der Waals surface area contributed by atoms with Crippen molar-refractivity contribution < 1.29 is 74.3 Å². The summed E-state index contributed by atoms with van der Waals surface area (Å²) in [7, 11) is 0. The Hall–Kier alpha value is 2.02. The van der Waals surface area contributed by atoms with Gasteiger partial charge in [0.2, 0.25) is 0 Å². The van der Waals surface area contributed by atoms with Crippen LogP contribution in [0.1, 0.15) is 0 Å². The van der Waals surface area contributed by atoms with Crippen molar-refractivity contribution in [1.29, 1.82) is 0 Å². The summed E-state index contributed by atoms with van der Waals surface area (Å²) in [4.78, 5) is 0. The molecule has 0 aromatic rings. The van der Waals surface area contributed by atoms with Crippen molar-refractivity contribution in [1.82, 2.24) is 0 Å². The molecule has 0 heterocycles. The van der Waals surface area contributed by atoms with Crippen molar-refractivity contribution in [3.05, 3.63) is 0 Å². The Morgan fingerprint density at radius 3 is 0.800 bits per heavy atom. The number of hydrogen-bond donors (Lipinski definition) is 2. The van der Waals surface area contributed by atoms with Gasteiger partial charge in [0.25, 0.3) is 0 Å². The summed E-state index contributed by atoms with van der Waals surface area (Å²) in [6.45, 7) is 0. The van der Waals surface area contributed by atoms with Crippen LogP contribution in [-0.2, 0) is 67.1 Å². The van der Waals surface area contributed by atoms with Gasteiger partial charge >= 0.3 is 85.1 Å². The molecule has 0 fully saturated rings. The van der Waals surface area contributed by atoms with Gasteiger partial charge in [0.05, 0.1) is 0 Å². The third kappa shape index (κ3) is 200. The maximum atomic E-state index is 8.71. The molecule has 0 aromatic heterocycles. The molecule has 0 bridgehead atoms. The van der Waals surface area contributed by atoms with Crippen LogP contribution in [0.3, 0.4) is 0 Å². The minimum atomic E-state index is -3.95. The fourth-order valence-corrected chi connectivity index (χ4v) is 0. The van der Waals surface area contributed by atoms with Crippen molar-refractivity contribution in [2.24, 2.45) is 0 Å². The molecular formula is H4Nb2NiO6Pb. The Kier molecular flexibility index (Phi) is 39.0. The molecule has 0 aliphatic rings. The van der Waals surface area contributed by atoms with Crippen LogP contribution >= 0.6 is 0 Å². The quantitative estimate of drug-likeness (QED) is 0.322. The molecule has 2 radical (unpaired) electrons. The molecular weight excluding hydrogens is 548 g/mol. The summed E-state index contributed by atoms with van der Waals surface area (Å²) < 4.78 is 49.1. The predicted molar refractivity (Wildman–Crippen MR) is 15.7 cm³/mol. The Bertz CT molecular complexity index is 133. The van der Waals surface area contributed by atoms with Gasteiger partial charge in [0, 0.05) is 16.5 Å². The van der Waals surface area contributed by atoms with Crippen LogP contribution < -0.4 is 0 Å². The van der Waals surface area contributed by atoms with Crippen LogP contribution in [0.4, 0.5) is 0 Å². The van der Waals surface area contributed by atoms with Gasteiger partial charge in [0.1, 0.15) is 0 Å². The molecule has 0 saturated carbocycles. The average molecular weight is 552 g/mol. The Morgan fingerprint density at radius 2 is 0.800 bits per heavy atom. The van der Waals surface area contributed by atoms with Crippen LogP contribution in [-0.4, -0.2) is 34.5 Å². The zero-order valence-electron chi connectivity index (χ0n) is 4.45. The molecule has 6 nitrogen and oxygen atoms in total. The van der Waals surface area contributed by atoms with Crippen LogP contribution in [0.15, 0.2) is 0 Å². The van der Waals surface area contributed by atoms with Crippen LogP contribution in [0.2, 0.25) is 0 Å². The fraction of sp³-hybridized carbons (Fsp3) is 0. The molecule has 10 heteroatoms. The molecule has 0 aliphatic heterocycles. The molecule has 10 heavy (non-hydrogen) atoms. The molecule has 0 aromatic carbocycles. The second-order valence-electron chi connectivity index (χ2n) is 0.476. The molecule has 0 atom stereocenters. The SMILES string of the molecule is [Ni].[O]=[Nb](=[O])[OH].[O]=[Nb](=[O])[OH].[PbH2]. The normalized spacial score (nSPS) is 5.00. The average Bonchev–Trinajstić information content (AvgIpc) is 1.25. The van der Waals surface area contributed by atoms with E-state index in [0.29, 0.717) is 0 Å². The summed E-state index contributed by atoms with van der Waals surface area (Å²) in [6.07, 6.45) is 0. The van der Waals surface area contributed by atoms with E-state index in [2.05, 4.69) is 0 Å². The minimum absolute atomic E-state index is 0. The standard InChI is InChI=1S/2Nb.Ni.2H2O.4O.Pb.2H/h;;;2*1H2;;;;;;;/q2*+1;;;;;;;;;;/p-2. The molecule has 0 amide bonds. The molecule has 0 aliphatic carbocycles. The zero-order chi connectivity index (χ0) is 7.15. The van der Waals surface area contributed by atoms with Crippen molar-refractivity contribution in [2.75, 3.05) is 0 Å². The Morgan fingerprint density at radius 1 is 0.800 bits per heavy atom. The van der Waals surface area contributed by atoms with E-state index in [1.165, 1.54) is 0 Å². The first-order chi connectivity index (χ1) is 3.46. The van der Waals surface area contributed by atoms with E-state index in [1.807, 2.05) is 0 Å². The van der Waals surface area contributed by atoms with Gasteiger partial charge in [-0.15, -0.1) is 0 Å². The first-order valence-electron chi connectivity index (χ1n) is 1.13. The molecule has 0 spiro atoms. The van der Waals surface area contributed by atoms with Crippen LogP contribution in [0, 0.1) is 0 Å². The van der Waals surface area contributed by atoms with Crippen LogP contribution in [0.25, 0.3) is 0 Å². The van der Waals surface area contributed by atoms with E-state index in [1.54, 1.807) is 0 Å². The first kappa shape index (κ1) is 22.7. The third-order valence-corrected chi connectivity index (χ3v) is 0. The summed E-state index contributed by atoms with van der Waals surface area (Å²) >= 11 is -7.90. The van der Waals surface area contributed by atoms with Gasteiger partial charge in [-0.25, -0.2) is 0 Å². The summed E-state index contributed by atoms with van der Waals surface area (Å²) in [6, 6.07) is 0. The van der Waals surface area contributed by atoms with Crippen molar-refractivity contribution in [2.45, 2.75) is 0 Å². The van der Waals surface area contributed by atoms with Crippen molar-refractivity contribution in [3.8, 4) is 0 Å². The van der Waals surface area contributed by atoms with Gasteiger partial charge in [-0.2, -0.15) is 0 Å². The summed E-state index contributed by atoms with van der Waals surface area (Å²) in [5.41, 5.74) is 0. The van der Waals surface area contributed by atoms with Gasteiger partial charge in [-0.3, -0.25) is 0 Å². The van der Waals surface area contributed by atoms with E-state index in [4.69, 9.17) is 20.2 Å². The molecule has 64 valence electrons. The number of hydrogen-bond acceptors (Lipinski definition) is 4. The van der Waals surface area contributed by atoms with Crippen molar-refractivity contribution in [3.63, 3.8) is 0 Å². The summed E-state index contributed by atoms with van der Waals surface area (Å²) in [5, 5.41) is 0. The molecule has 0 rings (SSSR count). The first-order valence-corrected chi connectivity index (χ1v) is 6.69. The fourth-order valence-electron chi connectivity index (χ4n) is 0. The zero-order valence-corrected chi connectivity index (χ0v) is 15.3. The van der Waals surface area contributed by atoms with E-state index in [9.17, 15) is 0 Å². The Balaban J connectivity index is -0.0000000300. The molecule has 2 N–H and O–H groups in total. The monoisotopic (exact) mass is 552 g/mol. The van der Waals surface area contributed by atoms with E-state index < -0.39 is 37.6 Å². The van der Waals surface area contributed by atoms with E-state index in [0.717, 1.165) is 0 Å². The van der Waals surface area contributed by atoms with Gasteiger partial charge in [0.15, 0.2) is 0 Å². The van der Waals surface area contributed by atoms with Gasteiger partial charge < -0.3 is 0 Å². The third-order valence-electron chi connectivity index (χ3n) is 0. The van der Waals surface area contributed by atoms with Gasteiger partial charge in [-0.05, 0) is 0 Å². The second kappa shape index (κ2) is 17.2. The van der Waals surface area contributed by atoms with Gasteiger partial charge in [-0.1, -0.05) is 0 Å².